The molecule has 0 bridgehead atoms. The third-order valence-electron chi connectivity index (χ3n) is 3.36. The molecule has 5 heteroatoms. The van der Waals surface area contributed by atoms with Crippen LogP contribution in [0.3, 0.4) is 0 Å². The minimum atomic E-state index is 0.732. The minimum absolute atomic E-state index is 0.732. The summed E-state index contributed by atoms with van der Waals surface area (Å²) in [6.45, 7) is 2.97. The Morgan fingerprint density at radius 1 is 1.40 bits per heavy atom. The molecule has 2 aromatic rings. The molecule has 106 valence electrons. The number of hydrogen-bond acceptors (Lipinski definition) is 3. The van der Waals surface area contributed by atoms with E-state index in [1.165, 1.54) is 28.3 Å². The highest BCUT2D eigenvalue weighted by Gasteiger charge is 2.20. The summed E-state index contributed by atoms with van der Waals surface area (Å²) in [6.07, 6.45) is 2.64. The van der Waals surface area contributed by atoms with E-state index in [-0.39, 0.29) is 0 Å². The molecule has 1 saturated carbocycles. The van der Waals surface area contributed by atoms with Crippen molar-refractivity contribution in [3.8, 4) is 0 Å². The van der Waals surface area contributed by atoms with Gasteiger partial charge >= 0.3 is 0 Å². The summed E-state index contributed by atoms with van der Waals surface area (Å²) in [5, 5.41) is 9.17. The SMILES string of the molecule is Cc1cc(Sc2cc(Br)ccc2CNC2CC2)n(C)n1. The van der Waals surface area contributed by atoms with Gasteiger partial charge in [0.1, 0.15) is 0 Å². The van der Waals surface area contributed by atoms with Gasteiger partial charge in [-0.1, -0.05) is 33.8 Å². The summed E-state index contributed by atoms with van der Waals surface area (Å²) in [6, 6.07) is 9.36. The molecule has 1 aromatic carbocycles. The molecule has 1 fully saturated rings. The summed E-state index contributed by atoms with van der Waals surface area (Å²) >= 11 is 5.35. The second-order valence-corrected chi connectivity index (χ2v) is 7.23. The maximum Gasteiger partial charge on any atom is 0.0987 e. The van der Waals surface area contributed by atoms with Crippen LogP contribution in [0, 0.1) is 6.92 Å². The first-order chi connectivity index (χ1) is 9.61. The van der Waals surface area contributed by atoms with E-state index in [1.807, 2.05) is 18.7 Å². The van der Waals surface area contributed by atoms with Crippen LogP contribution in [0.4, 0.5) is 0 Å². The van der Waals surface area contributed by atoms with Crippen molar-refractivity contribution < 1.29 is 0 Å². The first kappa shape index (κ1) is 14.2. The van der Waals surface area contributed by atoms with Gasteiger partial charge in [-0.15, -0.1) is 0 Å². The maximum atomic E-state index is 4.41. The van der Waals surface area contributed by atoms with E-state index in [0.29, 0.717) is 0 Å². The van der Waals surface area contributed by atoms with Crippen LogP contribution in [0.2, 0.25) is 0 Å². The zero-order valence-corrected chi connectivity index (χ0v) is 14.1. The molecule has 0 amide bonds. The molecule has 3 rings (SSSR count). The molecule has 0 radical (unpaired) electrons. The van der Waals surface area contributed by atoms with Crippen LogP contribution in [0.5, 0.6) is 0 Å². The normalized spacial score (nSPS) is 14.8. The predicted octanol–water partition coefficient (Wildman–Crippen LogP) is 3.89. The van der Waals surface area contributed by atoms with Crippen LogP contribution in [0.25, 0.3) is 0 Å². The number of rotatable bonds is 5. The number of aromatic nitrogens is 2. The smallest absolute Gasteiger partial charge is 0.0987 e. The molecule has 1 aromatic heterocycles. The van der Waals surface area contributed by atoms with E-state index in [0.717, 1.165) is 22.8 Å². The fraction of sp³-hybridized carbons (Fsp3) is 0.400. The zero-order chi connectivity index (χ0) is 14.1. The van der Waals surface area contributed by atoms with Gasteiger partial charge in [0.05, 0.1) is 10.7 Å². The van der Waals surface area contributed by atoms with Crippen LogP contribution in [0.15, 0.2) is 38.7 Å². The van der Waals surface area contributed by atoms with Gasteiger partial charge in [-0.05, 0) is 43.5 Å². The Labute approximate surface area is 132 Å². The topological polar surface area (TPSA) is 29.9 Å². The highest BCUT2D eigenvalue weighted by atomic mass is 79.9. The lowest BCUT2D eigenvalue weighted by Gasteiger charge is -2.10. The third kappa shape index (κ3) is 3.45. The van der Waals surface area contributed by atoms with Crippen LogP contribution < -0.4 is 5.32 Å². The number of nitrogens with zero attached hydrogens (tertiary/aromatic N) is 2. The van der Waals surface area contributed by atoms with E-state index in [9.17, 15) is 0 Å². The lowest BCUT2D eigenvalue weighted by molar-refractivity contribution is 0.678. The van der Waals surface area contributed by atoms with Crippen molar-refractivity contribution in [2.24, 2.45) is 7.05 Å². The second-order valence-electron chi connectivity index (χ2n) is 5.26. The van der Waals surface area contributed by atoms with Crippen LogP contribution >= 0.6 is 27.7 Å². The molecular weight excluding hydrogens is 334 g/mol. The van der Waals surface area contributed by atoms with Crippen LogP contribution in [0.1, 0.15) is 24.1 Å². The van der Waals surface area contributed by atoms with Gasteiger partial charge in [0.15, 0.2) is 0 Å². The van der Waals surface area contributed by atoms with E-state index in [4.69, 9.17) is 0 Å². The first-order valence-corrected chi connectivity index (χ1v) is 8.43. The maximum absolute atomic E-state index is 4.41. The van der Waals surface area contributed by atoms with Crippen molar-refractivity contribution in [2.75, 3.05) is 0 Å². The van der Waals surface area contributed by atoms with E-state index >= 15 is 0 Å². The van der Waals surface area contributed by atoms with Gasteiger partial charge in [0.2, 0.25) is 0 Å². The number of halogens is 1. The third-order valence-corrected chi connectivity index (χ3v) is 5.05. The molecule has 0 saturated heterocycles. The first-order valence-electron chi connectivity index (χ1n) is 6.82. The lowest BCUT2D eigenvalue weighted by atomic mass is 10.2. The van der Waals surface area contributed by atoms with Gasteiger partial charge in [-0.3, -0.25) is 4.68 Å². The molecule has 0 aliphatic heterocycles. The molecule has 3 nitrogen and oxygen atoms in total. The molecule has 0 atom stereocenters. The monoisotopic (exact) mass is 351 g/mol. The number of hydrogen-bond donors (Lipinski definition) is 1. The van der Waals surface area contributed by atoms with Crippen molar-refractivity contribution in [2.45, 2.75) is 42.3 Å². The number of nitrogens with one attached hydrogen (secondary N) is 1. The van der Waals surface area contributed by atoms with Gasteiger partial charge in [0, 0.05) is 29.0 Å². The molecule has 0 spiro atoms. The van der Waals surface area contributed by atoms with Crippen molar-refractivity contribution in [1.29, 1.82) is 0 Å². The van der Waals surface area contributed by atoms with Crippen molar-refractivity contribution >= 4 is 27.7 Å². The largest absolute Gasteiger partial charge is 0.310 e. The highest BCUT2D eigenvalue weighted by molar-refractivity contribution is 9.10. The molecule has 1 aliphatic rings. The average molecular weight is 352 g/mol. The van der Waals surface area contributed by atoms with E-state index in [2.05, 4.69) is 50.6 Å². The summed E-state index contributed by atoms with van der Waals surface area (Å²) in [7, 11) is 2.00. The summed E-state index contributed by atoms with van der Waals surface area (Å²) in [5.74, 6) is 0. The van der Waals surface area contributed by atoms with Crippen LogP contribution in [-0.4, -0.2) is 15.8 Å². The van der Waals surface area contributed by atoms with Crippen molar-refractivity contribution in [3.05, 3.63) is 40.0 Å². The highest BCUT2D eigenvalue weighted by Crippen LogP contribution is 2.33. The molecule has 1 heterocycles. The number of benzene rings is 1. The Kier molecular flexibility index (Phi) is 4.19. The Balaban J connectivity index is 1.82. The van der Waals surface area contributed by atoms with Gasteiger partial charge < -0.3 is 5.32 Å². The summed E-state index contributed by atoms with van der Waals surface area (Å²) < 4.78 is 3.06. The molecule has 20 heavy (non-hydrogen) atoms. The van der Waals surface area contributed by atoms with Crippen LogP contribution in [-0.2, 0) is 13.6 Å². The predicted molar refractivity (Wildman–Crippen MR) is 86.1 cm³/mol. The Bertz CT molecular complexity index is 620. The quantitative estimate of drug-likeness (QED) is 0.885. The zero-order valence-electron chi connectivity index (χ0n) is 11.7. The lowest BCUT2D eigenvalue weighted by Crippen LogP contribution is -2.15. The van der Waals surface area contributed by atoms with Gasteiger partial charge in [0.25, 0.3) is 0 Å². The fourth-order valence-electron chi connectivity index (χ4n) is 2.11. The van der Waals surface area contributed by atoms with E-state index < -0.39 is 0 Å². The standard InChI is InChI=1S/C15H18BrN3S/c1-10-7-15(19(2)18-10)20-14-8-12(16)4-3-11(14)9-17-13-5-6-13/h3-4,7-8,13,17H,5-6,9H2,1-2H3. The average Bonchev–Trinajstić information content (AvgIpc) is 3.15. The van der Waals surface area contributed by atoms with Gasteiger partial charge in [-0.25, -0.2) is 0 Å². The molecule has 0 unspecified atom stereocenters. The second kappa shape index (κ2) is 5.92. The molecular formula is C15H18BrN3S. The molecule has 1 aliphatic carbocycles. The summed E-state index contributed by atoms with van der Waals surface area (Å²) in [5.41, 5.74) is 2.41. The Morgan fingerprint density at radius 2 is 2.20 bits per heavy atom. The Morgan fingerprint density at radius 3 is 2.85 bits per heavy atom. The number of aryl methyl sites for hydroxylation is 2. The van der Waals surface area contributed by atoms with E-state index in [1.54, 1.807) is 11.8 Å². The fourth-order valence-corrected chi connectivity index (χ4v) is 3.70. The van der Waals surface area contributed by atoms with Gasteiger partial charge in [-0.2, -0.15) is 5.10 Å². The van der Waals surface area contributed by atoms with Crippen molar-refractivity contribution in [1.82, 2.24) is 15.1 Å². The Hall–Kier alpha value is -0.780. The summed E-state index contributed by atoms with van der Waals surface area (Å²) in [4.78, 5) is 1.29. The minimum Gasteiger partial charge on any atom is -0.310 e. The van der Waals surface area contributed by atoms with Crippen molar-refractivity contribution in [3.63, 3.8) is 0 Å². The molecule has 1 N–H and O–H groups in total.